The van der Waals surface area contributed by atoms with Gasteiger partial charge in [0, 0.05) is 12.1 Å². The average molecular weight is 394 g/mol. The molecule has 1 N–H and O–H groups in total. The van der Waals surface area contributed by atoms with Crippen molar-refractivity contribution in [2.75, 3.05) is 12.3 Å². The highest BCUT2D eigenvalue weighted by Gasteiger charge is 2.50. The van der Waals surface area contributed by atoms with Gasteiger partial charge in [0.25, 0.3) is 5.91 Å². The van der Waals surface area contributed by atoms with Crippen molar-refractivity contribution in [3.63, 3.8) is 0 Å². The number of imide groups is 1. The van der Waals surface area contributed by atoms with E-state index in [1.54, 1.807) is 18.2 Å². The number of carbonyl (C=O) groups excluding carboxylic acids is 2. The standard InChI is InChI=1S/C18H16F2N2O4S/c1-18(14-11-12(19)7-8-15(14)20)16(23)22(17(24)21-18)9-10-27(25,26)13-5-3-2-4-6-13/h2-8,11H,9-10H2,1H3,(H,21,24). The molecule has 1 aliphatic heterocycles. The predicted molar refractivity (Wildman–Crippen MR) is 92.4 cm³/mol. The van der Waals surface area contributed by atoms with Gasteiger partial charge < -0.3 is 5.32 Å². The summed E-state index contributed by atoms with van der Waals surface area (Å²) >= 11 is 0. The van der Waals surface area contributed by atoms with Gasteiger partial charge in [-0.05, 0) is 37.3 Å². The minimum Gasteiger partial charge on any atom is -0.319 e. The second-order valence-corrected chi connectivity index (χ2v) is 8.38. The summed E-state index contributed by atoms with van der Waals surface area (Å²) in [5.74, 6) is -2.95. The highest BCUT2D eigenvalue weighted by molar-refractivity contribution is 7.91. The lowest BCUT2D eigenvalue weighted by Gasteiger charge is -2.22. The Labute approximate surface area is 154 Å². The average Bonchev–Trinajstić information content (AvgIpc) is 2.86. The molecule has 0 spiro atoms. The van der Waals surface area contributed by atoms with E-state index in [-0.39, 0.29) is 10.5 Å². The Morgan fingerprint density at radius 3 is 2.41 bits per heavy atom. The Balaban J connectivity index is 1.84. The van der Waals surface area contributed by atoms with Gasteiger partial charge in [0.15, 0.2) is 9.84 Å². The van der Waals surface area contributed by atoms with Gasteiger partial charge in [-0.25, -0.2) is 22.0 Å². The van der Waals surface area contributed by atoms with Gasteiger partial charge in [-0.1, -0.05) is 18.2 Å². The van der Waals surface area contributed by atoms with E-state index >= 15 is 0 Å². The van der Waals surface area contributed by atoms with Crippen molar-refractivity contribution in [2.45, 2.75) is 17.4 Å². The number of hydrogen-bond donors (Lipinski definition) is 1. The van der Waals surface area contributed by atoms with Gasteiger partial charge in [0.05, 0.1) is 10.6 Å². The van der Waals surface area contributed by atoms with Crippen LogP contribution in [-0.4, -0.2) is 37.6 Å². The third-order valence-corrected chi connectivity index (χ3v) is 6.14. The number of nitrogens with zero attached hydrogens (tertiary/aromatic N) is 1. The monoisotopic (exact) mass is 394 g/mol. The Bertz CT molecular complexity index is 1010. The van der Waals surface area contributed by atoms with Crippen LogP contribution in [0.2, 0.25) is 0 Å². The topological polar surface area (TPSA) is 83.6 Å². The van der Waals surface area contributed by atoms with Crippen LogP contribution in [0.5, 0.6) is 0 Å². The molecule has 6 nitrogen and oxygen atoms in total. The van der Waals surface area contributed by atoms with Crippen LogP contribution in [0, 0.1) is 11.6 Å². The molecule has 2 aromatic rings. The molecular formula is C18H16F2N2O4S. The van der Waals surface area contributed by atoms with E-state index in [9.17, 15) is 26.8 Å². The number of sulfone groups is 1. The lowest BCUT2D eigenvalue weighted by Crippen LogP contribution is -2.42. The summed E-state index contributed by atoms with van der Waals surface area (Å²) in [5, 5.41) is 2.33. The number of hydrogen-bond acceptors (Lipinski definition) is 4. The maximum atomic E-state index is 14.1. The zero-order valence-electron chi connectivity index (χ0n) is 14.3. The second-order valence-electron chi connectivity index (χ2n) is 6.27. The SMILES string of the molecule is CC1(c2cc(F)ccc2F)NC(=O)N(CCS(=O)(=O)c2ccccc2)C1=O. The summed E-state index contributed by atoms with van der Waals surface area (Å²) < 4.78 is 52.3. The van der Waals surface area contributed by atoms with Crippen molar-refractivity contribution < 1.29 is 26.8 Å². The summed E-state index contributed by atoms with van der Waals surface area (Å²) in [6.45, 7) is 0.838. The molecule has 2 aromatic carbocycles. The van der Waals surface area contributed by atoms with Crippen LogP contribution in [0.4, 0.5) is 13.6 Å². The maximum Gasteiger partial charge on any atom is 0.325 e. The second kappa shape index (κ2) is 6.73. The number of rotatable bonds is 5. The Morgan fingerprint density at radius 1 is 1.07 bits per heavy atom. The molecule has 0 aliphatic carbocycles. The summed E-state index contributed by atoms with van der Waals surface area (Å²) in [5.41, 5.74) is -2.14. The molecule has 142 valence electrons. The van der Waals surface area contributed by atoms with Crippen molar-refractivity contribution >= 4 is 21.8 Å². The van der Waals surface area contributed by atoms with Gasteiger partial charge >= 0.3 is 6.03 Å². The number of benzene rings is 2. The molecule has 3 amide bonds. The predicted octanol–water partition coefficient (Wildman–Crippen LogP) is 2.21. The fourth-order valence-corrected chi connectivity index (χ4v) is 4.15. The van der Waals surface area contributed by atoms with Crippen LogP contribution in [0.3, 0.4) is 0 Å². The van der Waals surface area contributed by atoms with Crippen LogP contribution in [0.15, 0.2) is 53.4 Å². The first-order valence-electron chi connectivity index (χ1n) is 8.02. The van der Waals surface area contributed by atoms with Crippen molar-refractivity contribution in [3.8, 4) is 0 Å². The fraction of sp³-hybridized carbons (Fsp3) is 0.222. The van der Waals surface area contributed by atoms with Crippen LogP contribution < -0.4 is 5.32 Å². The summed E-state index contributed by atoms with van der Waals surface area (Å²) in [7, 11) is -3.72. The maximum absolute atomic E-state index is 14.1. The van der Waals surface area contributed by atoms with Crippen LogP contribution >= 0.6 is 0 Å². The highest BCUT2D eigenvalue weighted by Crippen LogP contribution is 2.31. The zero-order chi connectivity index (χ0) is 19.8. The minimum absolute atomic E-state index is 0.0657. The molecular weight excluding hydrogens is 378 g/mol. The van der Waals surface area contributed by atoms with Crippen molar-refractivity contribution in [2.24, 2.45) is 0 Å². The molecule has 0 radical (unpaired) electrons. The van der Waals surface area contributed by atoms with E-state index in [1.807, 2.05) is 0 Å². The fourth-order valence-electron chi connectivity index (χ4n) is 2.92. The van der Waals surface area contributed by atoms with Gasteiger partial charge in [0.2, 0.25) is 0 Å². The Kier molecular flexibility index (Phi) is 4.73. The minimum atomic E-state index is -3.72. The molecule has 1 fully saturated rings. The summed E-state index contributed by atoms with van der Waals surface area (Å²) in [6.07, 6.45) is 0. The first-order chi connectivity index (χ1) is 12.6. The highest BCUT2D eigenvalue weighted by atomic mass is 32.2. The number of nitrogens with one attached hydrogen (secondary N) is 1. The van der Waals surface area contributed by atoms with Gasteiger partial charge in [-0.15, -0.1) is 0 Å². The van der Waals surface area contributed by atoms with E-state index in [0.717, 1.165) is 18.2 Å². The smallest absolute Gasteiger partial charge is 0.319 e. The molecule has 27 heavy (non-hydrogen) atoms. The van der Waals surface area contributed by atoms with E-state index < -0.39 is 51.2 Å². The number of urea groups is 1. The third kappa shape index (κ3) is 3.42. The quantitative estimate of drug-likeness (QED) is 0.788. The van der Waals surface area contributed by atoms with E-state index in [2.05, 4.69) is 5.32 Å². The van der Waals surface area contributed by atoms with Crippen molar-refractivity contribution in [1.29, 1.82) is 0 Å². The van der Waals surface area contributed by atoms with Crippen LogP contribution in [0.25, 0.3) is 0 Å². The van der Waals surface area contributed by atoms with Crippen molar-refractivity contribution in [3.05, 3.63) is 65.7 Å². The molecule has 1 atom stereocenters. The lowest BCUT2D eigenvalue weighted by molar-refractivity contribution is -0.131. The first-order valence-corrected chi connectivity index (χ1v) is 9.68. The van der Waals surface area contributed by atoms with E-state index in [1.165, 1.54) is 19.1 Å². The van der Waals surface area contributed by atoms with E-state index in [0.29, 0.717) is 4.90 Å². The van der Waals surface area contributed by atoms with E-state index in [4.69, 9.17) is 0 Å². The van der Waals surface area contributed by atoms with Gasteiger partial charge in [-0.3, -0.25) is 9.69 Å². The molecule has 0 saturated carbocycles. The molecule has 1 unspecified atom stereocenters. The molecule has 0 bridgehead atoms. The normalized spacial score (nSPS) is 20.0. The lowest BCUT2D eigenvalue weighted by atomic mass is 9.91. The van der Waals surface area contributed by atoms with Gasteiger partial charge in [0.1, 0.15) is 17.2 Å². The number of halogens is 2. The van der Waals surface area contributed by atoms with Gasteiger partial charge in [-0.2, -0.15) is 0 Å². The Morgan fingerprint density at radius 2 is 1.74 bits per heavy atom. The molecule has 0 aromatic heterocycles. The number of amides is 3. The largest absolute Gasteiger partial charge is 0.325 e. The molecule has 3 rings (SSSR count). The summed E-state index contributed by atoms with van der Waals surface area (Å²) in [6, 6.07) is 9.32. The third-order valence-electron chi connectivity index (χ3n) is 4.43. The zero-order valence-corrected chi connectivity index (χ0v) is 15.1. The van der Waals surface area contributed by atoms with Crippen molar-refractivity contribution in [1.82, 2.24) is 10.2 Å². The molecule has 1 saturated heterocycles. The molecule has 9 heteroatoms. The first kappa shape index (κ1) is 19.0. The molecule has 1 heterocycles. The molecule has 1 aliphatic rings. The number of carbonyl (C=O) groups is 2. The van der Waals surface area contributed by atoms with Crippen LogP contribution in [0.1, 0.15) is 12.5 Å². The van der Waals surface area contributed by atoms with Crippen LogP contribution in [-0.2, 0) is 20.2 Å². The summed E-state index contributed by atoms with van der Waals surface area (Å²) in [4.78, 5) is 25.7. The Hall–Kier alpha value is -2.81.